The molecular weight excluding hydrogens is 589 g/mol. The lowest BCUT2D eigenvalue weighted by Gasteiger charge is -1.97. The fraction of sp³-hybridized carbons (Fsp3) is 0.400. The fourth-order valence-electron chi connectivity index (χ4n) is 1.08. The molecule has 0 N–H and O–H groups in total. The molecule has 0 spiro atoms. The minimum Gasteiger partial charge on any atom is -0.328 e. The van der Waals surface area contributed by atoms with Gasteiger partial charge in [0, 0.05) is 14.1 Å². The first-order valence-electron chi connectivity index (χ1n) is 5.09. The van der Waals surface area contributed by atoms with Crippen LogP contribution in [-0.4, -0.2) is 24.9 Å². The van der Waals surface area contributed by atoms with E-state index in [2.05, 4.69) is 89.2 Å². The molecule has 0 amide bonds. The van der Waals surface area contributed by atoms with Gasteiger partial charge in [-0.3, -0.25) is 0 Å². The third kappa shape index (κ3) is 4.81. The Kier molecular flexibility index (Phi) is 7.84. The standard InChI is InChI=1S/C6H9IN2S.C4H4I2N2/c1-3-10-6-5(7)8-4-9(6)2;1-8-2-7-3(5)4(8)6/h4H,3H2,1-2H3;2H,1H3. The molecule has 0 bridgehead atoms. The molecule has 2 rings (SSSR count). The van der Waals surface area contributed by atoms with Gasteiger partial charge in [-0.25, -0.2) is 9.97 Å². The summed E-state index contributed by atoms with van der Waals surface area (Å²) in [6, 6.07) is 0. The lowest BCUT2D eigenvalue weighted by atomic mass is 10.9. The number of hydrogen-bond donors (Lipinski definition) is 0. The maximum atomic E-state index is 4.16. The number of halogens is 3. The van der Waals surface area contributed by atoms with E-state index in [-0.39, 0.29) is 0 Å². The number of rotatable bonds is 2. The van der Waals surface area contributed by atoms with Gasteiger partial charge < -0.3 is 9.13 Å². The number of hydrogen-bond acceptors (Lipinski definition) is 3. The van der Waals surface area contributed by atoms with E-state index in [4.69, 9.17) is 0 Å². The van der Waals surface area contributed by atoms with Crippen molar-refractivity contribution in [3.8, 4) is 0 Å². The Morgan fingerprint density at radius 2 is 1.61 bits per heavy atom. The summed E-state index contributed by atoms with van der Waals surface area (Å²) in [5.41, 5.74) is 0. The van der Waals surface area contributed by atoms with Crippen LogP contribution < -0.4 is 0 Å². The Hall–Kier alpha value is 0.960. The van der Waals surface area contributed by atoms with Gasteiger partial charge in [-0.2, -0.15) is 0 Å². The number of aryl methyl sites for hydroxylation is 2. The van der Waals surface area contributed by atoms with Crippen LogP contribution in [0.3, 0.4) is 0 Å². The first-order valence-corrected chi connectivity index (χ1v) is 9.31. The number of thioether (sulfide) groups is 1. The number of nitrogens with zero attached hydrogens (tertiary/aromatic N) is 4. The monoisotopic (exact) mass is 602 g/mol. The molecule has 18 heavy (non-hydrogen) atoms. The van der Waals surface area contributed by atoms with E-state index in [0.29, 0.717) is 0 Å². The highest BCUT2D eigenvalue weighted by Gasteiger charge is 2.03. The maximum Gasteiger partial charge on any atom is 0.133 e. The summed E-state index contributed by atoms with van der Waals surface area (Å²) in [5, 5.41) is 1.27. The van der Waals surface area contributed by atoms with Crippen molar-refractivity contribution in [2.24, 2.45) is 14.1 Å². The Morgan fingerprint density at radius 3 is 1.89 bits per heavy atom. The molecule has 0 saturated heterocycles. The summed E-state index contributed by atoms with van der Waals surface area (Å²) in [5.74, 6) is 1.11. The predicted molar refractivity (Wildman–Crippen MR) is 101 cm³/mol. The number of aromatic nitrogens is 4. The Bertz CT molecular complexity index is 470. The zero-order chi connectivity index (χ0) is 13.7. The van der Waals surface area contributed by atoms with Crippen molar-refractivity contribution in [1.82, 2.24) is 19.1 Å². The Labute approximate surface area is 152 Å². The molecule has 2 heterocycles. The summed E-state index contributed by atoms with van der Waals surface area (Å²) in [6.45, 7) is 2.15. The normalized spacial score (nSPS) is 10.1. The molecule has 2 aromatic heterocycles. The van der Waals surface area contributed by atoms with E-state index in [1.54, 1.807) is 0 Å². The quantitative estimate of drug-likeness (QED) is 0.389. The van der Waals surface area contributed by atoms with Gasteiger partial charge in [0.1, 0.15) is 16.1 Å². The summed E-state index contributed by atoms with van der Waals surface area (Å²) in [7, 11) is 4.00. The lowest BCUT2D eigenvalue weighted by Crippen LogP contribution is -1.88. The Balaban J connectivity index is 0.000000184. The molecule has 0 radical (unpaired) electrons. The molecule has 0 saturated carbocycles. The maximum absolute atomic E-state index is 4.16. The molecule has 0 aliphatic carbocycles. The largest absolute Gasteiger partial charge is 0.328 e. The predicted octanol–water partition coefficient (Wildman–Crippen LogP) is 3.77. The van der Waals surface area contributed by atoms with Gasteiger partial charge in [-0.15, -0.1) is 11.8 Å². The lowest BCUT2D eigenvalue weighted by molar-refractivity contribution is 0.820. The average molecular weight is 602 g/mol. The highest BCUT2D eigenvalue weighted by Crippen LogP contribution is 2.21. The van der Waals surface area contributed by atoms with E-state index in [1.165, 1.54) is 8.73 Å². The third-order valence-electron chi connectivity index (χ3n) is 1.95. The average Bonchev–Trinajstić information content (AvgIpc) is 2.81. The zero-order valence-corrected chi connectivity index (χ0v) is 17.5. The second-order valence-corrected chi connectivity index (χ2v) is 7.64. The van der Waals surface area contributed by atoms with Crippen LogP contribution in [0.2, 0.25) is 0 Å². The van der Waals surface area contributed by atoms with E-state index >= 15 is 0 Å². The molecule has 0 unspecified atom stereocenters. The summed E-state index contributed by atoms with van der Waals surface area (Å²) >= 11 is 8.54. The Morgan fingerprint density at radius 1 is 1.06 bits per heavy atom. The first kappa shape index (κ1) is 17.0. The van der Waals surface area contributed by atoms with Crippen LogP contribution in [0.5, 0.6) is 0 Å². The van der Waals surface area contributed by atoms with Crippen LogP contribution in [0.15, 0.2) is 17.7 Å². The first-order chi connectivity index (χ1) is 8.47. The molecule has 0 aliphatic rings. The van der Waals surface area contributed by atoms with Gasteiger partial charge in [0.05, 0.1) is 12.7 Å². The summed E-state index contributed by atoms with van der Waals surface area (Å²) in [6.07, 6.45) is 3.66. The van der Waals surface area contributed by atoms with Gasteiger partial charge >= 0.3 is 0 Å². The molecule has 8 heteroatoms. The van der Waals surface area contributed by atoms with Crippen LogP contribution in [0, 0.1) is 11.1 Å². The van der Waals surface area contributed by atoms with Crippen molar-refractivity contribution in [2.45, 2.75) is 11.9 Å². The van der Waals surface area contributed by atoms with Crippen molar-refractivity contribution in [3.63, 3.8) is 0 Å². The van der Waals surface area contributed by atoms with Crippen molar-refractivity contribution >= 4 is 79.5 Å². The van der Waals surface area contributed by atoms with E-state index in [9.17, 15) is 0 Å². The molecule has 4 nitrogen and oxygen atoms in total. The van der Waals surface area contributed by atoms with Gasteiger partial charge in [-0.1, -0.05) is 6.92 Å². The molecule has 0 fully saturated rings. The van der Waals surface area contributed by atoms with Crippen LogP contribution in [0.4, 0.5) is 0 Å². The van der Waals surface area contributed by atoms with Crippen LogP contribution >= 0.6 is 79.5 Å². The smallest absolute Gasteiger partial charge is 0.133 e. The molecular formula is C10H13I3N4S. The molecule has 100 valence electrons. The molecule has 2 aromatic rings. The SMILES string of the molecule is CCSc1c(I)ncn1C.Cn1cnc(I)c1I. The van der Waals surface area contributed by atoms with Crippen LogP contribution in [0.1, 0.15) is 6.92 Å². The van der Waals surface area contributed by atoms with E-state index in [1.807, 2.05) is 43.1 Å². The third-order valence-corrected chi connectivity index (χ3v) is 7.24. The van der Waals surface area contributed by atoms with Gasteiger partial charge in [0.25, 0.3) is 0 Å². The minimum absolute atomic E-state index is 1.07. The second kappa shape index (κ2) is 8.29. The molecule has 0 aromatic carbocycles. The topological polar surface area (TPSA) is 35.6 Å². The van der Waals surface area contributed by atoms with Crippen LogP contribution in [-0.2, 0) is 14.1 Å². The van der Waals surface area contributed by atoms with Gasteiger partial charge in [0.2, 0.25) is 0 Å². The summed E-state index contributed by atoms with van der Waals surface area (Å²) in [4.78, 5) is 8.22. The van der Waals surface area contributed by atoms with Crippen molar-refractivity contribution in [2.75, 3.05) is 5.75 Å². The van der Waals surface area contributed by atoms with E-state index < -0.39 is 0 Å². The molecule has 0 aliphatic heterocycles. The van der Waals surface area contributed by atoms with Crippen molar-refractivity contribution < 1.29 is 0 Å². The second-order valence-electron chi connectivity index (χ2n) is 3.32. The molecule has 0 atom stereocenters. The summed E-state index contributed by atoms with van der Waals surface area (Å²) < 4.78 is 7.42. The minimum atomic E-state index is 1.07. The highest BCUT2D eigenvalue weighted by molar-refractivity contribution is 14.1. The fourth-order valence-corrected chi connectivity index (χ4v) is 3.51. The van der Waals surface area contributed by atoms with Crippen molar-refractivity contribution in [3.05, 3.63) is 23.8 Å². The van der Waals surface area contributed by atoms with Gasteiger partial charge in [0.15, 0.2) is 0 Å². The van der Waals surface area contributed by atoms with Gasteiger partial charge in [-0.05, 0) is 73.5 Å². The zero-order valence-electron chi connectivity index (χ0n) is 10.2. The highest BCUT2D eigenvalue weighted by atomic mass is 127. The number of imidazole rings is 2. The van der Waals surface area contributed by atoms with Crippen molar-refractivity contribution in [1.29, 1.82) is 0 Å². The van der Waals surface area contributed by atoms with Crippen LogP contribution in [0.25, 0.3) is 0 Å². The van der Waals surface area contributed by atoms with E-state index in [0.717, 1.165) is 13.2 Å².